The molecule has 0 radical (unpaired) electrons. The Morgan fingerprint density at radius 3 is 2.44 bits per heavy atom. The molecule has 0 N–H and O–H groups in total. The zero-order valence-corrected chi connectivity index (χ0v) is 8.59. The molecular formula is C8H7ClF4N2O. The van der Waals surface area contributed by atoms with Gasteiger partial charge in [-0.3, -0.25) is 4.98 Å². The quantitative estimate of drug-likeness (QED) is 0.601. The average Bonchev–Trinajstić information content (AvgIpc) is 2.27. The normalized spacial score (nSPS) is 11.9. The highest BCUT2D eigenvalue weighted by Gasteiger charge is 2.41. The first kappa shape index (κ1) is 13.0. The molecule has 0 aromatic carbocycles. The van der Waals surface area contributed by atoms with Crippen LogP contribution in [0.4, 0.5) is 17.6 Å². The summed E-state index contributed by atoms with van der Waals surface area (Å²) in [5, 5.41) is 0. The Morgan fingerprint density at radius 2 is 2.00 bits per heavy atom. The molecule has 0 aliphatic heterocycles. The van der Waals surface area contributed by atoms with Gasteiger partial charge in [0.2, 0.25) is 5.88 Å². The van der Waals surface area contributed by atoms with Gasteiger partial charge in [-0.2, -0.15) is 8.78 Å². The van der Waals surface area contributed by atoms with Crippen molar-refractivity contribution in [3.05, 3.63) is 18.1 Å². The highest BCUT2D eigenvalue weighted by Crippen LogP contribution is 2.23. The Kier molecular flexibility index (Phi) is 4.28. The van der Waals surface area contributed by atoms with Gasteiger partial charge in [0.25, 0.3) is 0 Å². The number of ether oxygens (including phenoxy) is 1. The summed E-state index contributed by atoms with van der Waals surface area (Å²) in [5.74, 6) is -4.35. The minimum Gasteiger partial charge on any atom is -0.470 e. The van der Waals surface area contributed by atoms with Crippen molar-refractivity contribution in [3.8, 4) is 5.88 Å². The summed E-state index contributed by atoms with van der Waals surface area (Å²) in [5.41, 5.74) is 0.426. The van der Waals surface area contributed by atoms with E-state index in [4.69, 9.17) is 11.6 Å². The second kappa shape index (κ2) is 5.29. The van der Waals surface area contributed by atoms with E-state index in [1.807, 2.05) is 0 Å². The Balaban J connectivity index is 2.54. The Labute approximate surface area is 93.4 Å². The number of rotatable bonds is 5. The lowest BCUT2D eigenvalue weighted by Gasteiger charge is -2.15. The molecule has 1 aromatic rings. The number of alkyl halides is 5. The summed E-state index contributed by atoms with van der Waals surface area (Å²) < 4.78 is 52.8. The molecule has 1 rings (SSSR count). The van der Waals surface area contributed by atoms with E-state index in [2.05, 4.69) is 14.7 Å². The first-order valence-corrected chi connectivity index (χ1v) is 4.65. The van der Waals surface area contributed by atoms with Crippen LogP contribution < -0.4 is 4.74 Å². The van der Waals surface area contributed by atoms with Crippen LogP contribution in [0.5, 0.6) is 5.88 Å². The molecule has 0 atom stereocenters. The number of halogens is 5. The van der Waals surface area contributed by atoms with Crippen LogP contribution in [-0.4, -0.2) is 28.9 Å². The summed E-state index contributed by atoms with van der Waals surface area (Å²) in [4.78, 5) is 7.26. The fourth-order valence-electron chi connectivity index (χ4n) is 0.720. The monoisotopic (exact) mass is 258 g/mol. The van der Waals surface area contributed by atoms with Crippen LogP contribution in [0.2, 0.25) is 0 Å². The van der Waals surface area contributed by atoms with Crippen LogP contribution in [0.15, 0.2) is 12.4 Å². The maximum atomic E-state index is 12.4. The second-order valence-electron chi connectivity index (χ2n) is 2.83. The fourth-order valence-corrected chi connectivity index (χ4v) is 0.858. The lowest BCUT2D eigenvalue weighted by atomic mass is 10.4. The summed E-state index contributed by atoms with van der Waals surface area (Å²) in [6, 6.07) is 0. The van der Waals surface area contributed by atoms with E-state index in [1.165, 1.54) is 6.20 Å². The van der Waals surface area contributed by atoms with Crippen LogP contribution in [0.3, 0.4) is 0 Å². The lowest BCUT2D eigenvalue weighted by Crippen LogP contribution is -2.33. The van der Waals surface area contributed by atoms with E-state index >= 15 is 0 Å². The average molecular weight is 259 g/mol. The zero-order chi connectivity index (χ0) is 12.2. The molecule has 0 amide bonds. The first-order valence-electron chi connectivity index (χ1n) is 4.11. The molecule has 0 saturated carbocycles. The SMILES string of the molecule is FC(F)C(F)(F)COc1cnc(CCl)cn1. The van der Waals surface area contributed by atoms with E-state index in [0.29, 0.717) is 5.69 Å². The maximum absolute atomic E-state index is 12.4. The predicted molar refractivity (Wildman–Crippen MR) is 48.0 cm³/mol. The number of aromatic nitrogens is 2. The molecule has 0 unspecified atom stereocenters. The molecule has 0 spiro atoms. The van der Waals surface area contributed by atoms with Gasteiger partial charge < -0.3 is 4.74 Å². The predicted octanol–water partition coefficient (Wildman–Crippen LogP) is 2.49. The van der Waals surface area contributed by atoms with Crippen molar-refractivity contribution in [1.29, 1.82) is 0 Å². The van der Waals surface area contributed by atoms with Crippen LogP contribution in [0.1, 0.15) is 5.69 Å². The van der Waals surface area contributed by atoms with Crippen molar-refractivity contribution >= 4 is 11.6 Å². The third kappa shape index (κ3) is 3.48. The molecule has 16 heavy (non-hydrogen) atoms. The van der Waals surface area contributed by atoms with Crippen molar-refractivity contribution in [2.75, 3.05) is 6.61 Å². The molecule has 1 aromatic heterocycles. The maximum Gasteiger partial charge on any atom is 0.340 e. The topological polar surface area (TPSA) is 35.0 Å². The van der Waals surface area contributed by atoms with Crippen molar-refractivity contribution in [2.24, 2.45) is 0 Å². The molecule has 3 nitrogen and oxygen atoms in total. The highest BCUT2D eigenvalue weighted by atomic mass is 35.5. The Bertz CT molecular complexity index is 333. The van der Waals surface area contributed by atoms with Gasteiger partial charge in [0.15, 0.2) is 6.61 Å². The number of hydrogen-bond donors (Lipinski definition) is 0. The molecule has 8 heteroatoms. The standard InChI is InChI=1S/C8H7ClF4N2O/c9-1-5-2-15-6(3-14-5)16-4-8(12,13)7(10)11/h2-3,7H,1,4H2. The van der Waals surface area contributed by atoms with Crippen molar-refractivity contribution in [3.63, 3.8) is 0 Å². The minimum atomic E-state index is -4.20. The smallest absolute Gasteiger partial charge is 0.340 e. The van der Waals surface area contributed by atoms with Gasteiger partial charge in [-0.05, 0) is 0 Å². The molecule has 0 saturated heterocycles. The van der Waals surface area contributed by atoms with E-state index in [9.17, 15) is 17.6 Å². The summed E-state index contributed by atoms with van der Waals surface area (Å²) in [7, 11) is 0. The van der Waals surface area contributed by atoms with Gasteiger partial charge in [-0.1, -0.05) is 0 Å². The molecular weight excluding hydrogens is 252 g/mol. The molecule has 0 fully saturated rings. The van der Waals surface area contributed by atoms with E-state index < -0.39 is 19.0 Å². The number of hydrogen-bond acceptors (Lipinski definition) is 3. The van der Waals surface area contributed by atoms with Gasteiger partial charge in [0.05, 0.1) is 24.0 Å². The van der Waals surface area contributed by atoms with E-state index in [0.717, 1.165) is 6.20 Å². The molecule has 0 aliphatic rings. The summed E-state index contributed by atoms with van der Waals surface area (Å²) >= 11 is 5.41. The second-order valence-corrected chi connectivity index (χ2v) is 3.10. The molecule has 90 valence electrons. The highest BCUT2D eigenvalue weighted by molar-refractivity contribution is 6.16. The Morgan fingerprint density at radius 1 is 1.31 bits per heavy atom. The molecule has 1 heterocycles. The minimum absolute atomic E-state index is 0.112. The third-order valence-corrected chi connectivity index (χ3v) is 1.82. The molecule has 0 aliphatic carbocycles. The van der Waals surface area contributed by atoms with Crippen LogP contribution in [0, 0.1) is 0 Å². The van der Waals surface area contributed by atoms with Gasteiger partial charge in [0.1, 0.15) is 0 Å². The van der Waals surface area contributed by atoms with Gasteiger partial charge in [-0.15, -0.1) is 11.6 Å². The first-order chi connectivity index (χ1) is 7.45. The summed E-state index contributed by atoms with van der Waals surface area (Å²) in [6.07, 6.45) is -1.52. The summed E-state index contributed by atoms with van der Waals surface area (Å²) in [6.45, 7) is -1.44. The third-order valence-electron chi connectivity index (χ3n) is 1.55. The molecule has 0 bridgehead atoms. The van der Waals surface area contributed by atoms with Crippen molar-refractivity contribution in [2.45, 2.75) is 18.2 Å². The Hall–Kier alpha value is -1.11. The lowest BCUT2D eigenvalue weighted by molar-refractivity contribution is -0.148. The van der Waals surface area contributed by atoms with Crippen LogP contribution >= 0.6 is 11.6 Å². The van der Waals surface area contributed by atoms with Gasteiger partial charge in [-0.25, -0.2) is 13.8 Å². The van der Waals surface area contributed by atoms with E-state index in [1.54, 1.807) is 0 Å². The van der Waals surface area contributed by atoms with Crippen LogP contribution in [-0.2, 0) is 5.88 Å². The largest absolute Gasteiger partial charge is 0.470 e. The fraction of sp³-hybridized carbons (Fsp3) is 0.500. The van der Waals surface area contributed by atoms with Gasteiger partial charge in [0, 0.05) is 0 Å². The zero-order valence-electron chi connectivity index (χ0n) is 7.84. The van der Waals surface area contributed by atoms with Crippen molar-refractivity contribution in [1.82, 2.24) is 9.97 Å². The van der Waals surface area contributed by atoms with Gasteiger partial charge >= 0.3 is 12.3 Å². The van der Waals surface area contributed by atoms with Crippen LogP contribution in [0.25, 0.3) is 0 Å². The van der Waals surface area contributed by atoms with Crippen molar-refractivity contribution < 1.29 is 22.3 Å². The number of nitrogens with zero attached hydrogens (tertiary/aromatic N) is 2. The van der Waals surface area contributed by atoms with E-state index in [-0.39, 0.29) is 11.8 Å².